The van der Waals surface area contributed by atoms with Crippen LogP contribution in [-0.2, 0) is 11.2 Å². The molecule has 0 aliphatic heterocycles. The molecule has 0 amide bonds. The van der Waals surface area contributed by atoms with Gasteiger partial charge in [-0.15, -0.1) is 0 Å². The van der Waals surface area contributed by atoms with E-state index in [9.17, 15) is 4.79 Å². The summed E-state index contributed by atoms with van der Waals surface area (Å²) in [6.07, 6.45) is 3.17. The van der Waals surface area contributed by atoms with Crippen LogP contribution in [0, 0.1) is 0 Å². The molecule has 0 saturated carbocycles. The molecule has 26 heavy (non-hydrogen) atoms. The van der Waals surface area contributed by atoms with Crippen molar-refractivity contribution in [1.29, 1.82) is 0 Å². The number of benzene rings is 2. The Morgan fingerprint density at radius 3 is 2.46 bits per heavy atom. The van der Waals surface area contributed by atoms with E-state index in [4.69, 9.17) is 9.47 Å². The normalized spacial score (nSPS) is 10.4. The van der Waals surface area contributed by atoms with Gasteiger partial charge in [0, 0.05) is 23.6 Å². The number of aromatic nitrogens is 2. The van der Waals surface area contributed by atoms with Crippen molar-refractivity contribution in [3.8, 4) is 11.5 Å². The largest absolute Gasteiger partial charge is 0.493 e. The van der Waals surface area contributed by atoms with E-state index in [-0.39, 0.29) is 5.78 Å². The summed E-state index contributed by atoms with van der Waals surface area (Å²) in [7, 11) is 3.17. The number of hydrogen-bond acceptors (Lipinski definition) is 6. The number of rotatable bonds is 7. The van der Waals surface area contributed by atoms with Crippen molar-refractivity contribution in [1.82, 2.24) is 9.97 Å². The lowest BCUT2D eigenvalue weighted by atomic mass is 10.1. The van der Waals surface area contributed by atoms with Gasteiger partial charge in [-0.3, -0.25) is 4.79 Å². The molecule has 6 heteroatoms. The summed E-state index contributed by atoms with van der Waals surface area (Å²) in [6, 6.07) is 11.3. The van der Waals surface area contributed by atoms with Gasteiger partial charge in [0.15, 0.2) is 17.3 Å². The summed E-state index contributed by atoms with van der Waals surface area (Å²) in [5.41, 5.74) is 2.53. The highest BCUT2D eigenvalue weighted by Gasteiger charge is 2.11. The van der Waals surface area contributed by atoms with Crippen molar-refractivity contribution in [2.24, 2.45) is 0 Å². The van der Waals surface area contributed by atoms with Crippen LogP contribution in [-0.4, -0.2) is 30.0 Å². The van der Waals surface area contributed by atoms with Gasteiger partial charge in [0.2, 0.25) is 0 Å². The van der Waals surface area contributed by atoms with Crippen LogP contribution in [0.25, 0.3) is 10.9 Å². The topological polar surface area (TPSA) is 73.3 Å². The fourth-order valence-electron chi connectivity index (χ4n) is 2.60. The van der Waals surface area contributed by atoms with Crippen LogP contribution in [0.3, 0.4) is 0 Å². The molecule has 0 radical (unpaired) electrons. The van der Waals surface area contributed by atoms with Gasteiger partial charge < -0.3 is 14.8 Å². The molecule has 2 aromatic carbocycles. The van der Waals surface area contributed by atoms with Crippen molar-refractivity contribution in [3.05, 3.63) is 60.9 Å². The highest BCUT2D eigenvalue weighted by Crippen LogP contribution is 2.34. The van der Waals surface area contributed by atoms with Gasteiger partial charge in [0.05, 0.1) is 19.7 Å². The van der Waals surface area contributed by atoms with Crippen LogP contribution in [0.4, 0.5) is 11.5 Å². The van der Waals surface area contributed by atoms with Crippen LogP contribution >= 0.6 is 0 Å². The molecule has 3 rings (SSSR count). The summed E-state index contributed by atoms with van der Waals surface area (Å²) in [5.74, 6) is 1.87. The maximum absolute atomic E-state index is 11.4. The van der Waals surface area contributed by atoms with E-state index in [0.717, 1.165) is 22.2 Å². The summed E-state index contributed by atoms with van der Waals surface area (Å²) in [5, 5.41) is 4.09. The molecule has 0 fully saturated rings. The van der Waals surface area contributed by atoms with Crippen LogP contribution in [0.5, 0.6) is 11.5 Å². The first-order chi connectivity index (χ1) is 12.6. The molecule has 0 aliphatic carbocycles. The summed E-state index contributed by atoms with van der Waals surface area (Å²) < 4.78 is 10.7. The predicted molar refractivity (Wildman–Crippen MR) is 101 cm³/mol. The number of allylic oxidation sites excluding steroid dienone is 1. The summed E-state index contributed by atoms with van der Waals surface area (Å²) in [4.78, 5) is 20.1. The third-order valence-electron chi connectivity index (χ3n) is 3.96. The van der Waals surface area contributed by atoms with Crippen LogP contribution in [0.2, 0.25) is 0 Å². The first kappa shape index (κ1) is 17.4. The third-order valence-corrected chi connectivity index (χ3v) is 3.96. The number of ketones is 1. The zero-order valence-electron chi connectivity index (χ0n) is 14.7. The highest BCUT2D eigenvalue weighted by molar-refractivity contribution is 5.93. The Hall–Kier alpha value is -3.41. The number of carbonyl (C=O) groups is 1. The Kier molecular flexibility index (Phi) is 5.12. The molecule has 0 spiro atoms. The van der Waals surface area contributed by atoms with Crippen molar-refractivity contribution in [2.75, 3.05) is 19.5 Å². The molecule has 3 aromatic rings. The minimum absolute atomic E-state index is 0.00598. The lowest BCUT2D eigenvalue weighted by Gasteiger charge is -2.12. The molecule has 132 valence electrons. The molecule has 0 bridgehead atoms. The average Bonchev–Trinajstić information content (AvgIpc) is 2.68. The fourth-order valence-corrected chi connectivity index (χ4v) is 2.60. The van der Waals surface area contributed by atoms with Gasteiger partial charge in [-0.05, 0) is 29.8 Å². The van der Waals surface area contributed by atoms with Gasteiger partial charge >= 0.3 is 0 Å². The van der Waals surface area contributed by atoms with E-state index in [1.807, 2.05) is 36.4 Å². The molecule has 1 aromatic heterocycles. The van der Waals surface area contributed by atoms with E-state index >= 15 is 0 Å². The van der Waals surface area contributed by atoms with Crippen molar-refractivity contribution < 1.29 is 14.3 Å². The Morgan fingerprint density at radius 1 is 1.12 bits per heavy atom. The van der Waals surface area contributed by atoms with Gasteiger partial charge in [-0.25, -0.2) is 9.97 Å². The second kappa shape index (κ2) is 7.65. The highest BCUT2D eigenvalue weighted by atomic mass is 16.5. The zero-order chi connectivity index (χ0) is 18.5. The molecular formula is C20H19N3O3. The van der Waals surface area contributed by atoms with Crippen molar-refractivity contribution in [2.45, 2.75) is 6.42 Å². The van der Waals surface area contributed by atoms with E-state index in [0.29, 0.717) is 23.7 Å². The Labute approximate surface area is 151 Å². The lowest BCUT2D eigenvalue weighted by molar-refractivity contribution is -0.114. The van der Waals surface area contributed by atoms with E-state index in [1.165, 1.54) is 12.4 Å². The maximum atomic E-state index is 11.4. The number of ether oxygens (including phenoxy) is 2. The van der Waals surface area contributed by atoms with Crippen LogP contribution in [0.1, 0.15) is 5.56 Å². The maximum Gasteiger partial charge on any atom is 0.162 e. The minimum Gasteiger partial charge on any atom is -0.493 e. The second-order valence-electron chi connectivity index (χ2n) is 5.62. The van der Waals surface area contributed by atoms with Crippen molar-refractivity contribution in [3.63, 3.8) is 0 Å². The number of anilines is 2. The number of nitrogens with one attached hydrogen (secondary N) is 1. The molecule has 6 nitrogen and oxygen atoms in total. The minimum atomic E-state index is -0.00598. The number of fused-ring (bicyclic) bond motifs is 1. The first-order valence-electron chi connectivity index (χ1n) is 8.02. The summed E-state index contributed by atoms with van der Waals surface area (Å²) >= 11 is 0. The molecular weight excluding hydrogens is 330 g/mol. The standard InChI is InChI=1S/C20H19N3O3/c1-4-15(24)9-13-5-7-14(8-6-13)23-20-16-10-18(25-2)19(26-3)11-17(16)21-12-22-20/h4-8,10-12H,1,9H2,2-3H3,(H,21,22,23). The Bertz CT molecular complexity index is 952. The van der Waals surface area contributed by atoms with Gasteiger partial charge in [-0.1, -0.05) is 18.7 Å². The smallest absolute Gasteiger partial charge is 0.162 e. The van der Waals surface area contributed by atoms with E-state index < -0.39 is 0 Å². The molecule has 1 N–H and O–H groups in total. The summed E-state index contributed by atoms with van der Waals surface area (Å²) in [6.45, 7) is 3.49. The first-order valence-corrected chi connectivity index (χ1v) is 8.02. The molecule has 1 heterocycles. The fraction of sp³-hybridized carbons (Fsp3) is 0.150. The van der Waals surface area contributed by atoms with Crippen molar-refractivity contribution >= 4 is 28.2 Å². The van der Waals surface area contributed by atoms with Gasteiger partial charge in [0.25, 0.3) is 0 Å². The van der Waals surface area contributed by atoms with Gasteiger partial charge in [-0.2, -0.15) is 0 Å². The third kappa shape index (κ3) is 3.64. The second-order valence-corrected chi connectivity index (χ2v) is 5.62. The van der Waals surface area contributed by atoms with Gasteiger partial charge in [0.1, 0.15) is 12.1 Å². The monoisotopic (exact) mass is 349 g/mol. The Balaban J connectivity index is 1.91. The predicted octanol–water partition coefficient (Wildman–Crippen LogP) is 3.69. The van der Waals surface area contributed by atoms with E-state index in [2.05, 4.69) is 21.9 Å². The number of nitrogens with zero attached hydrogens (tertiary/aromatic N) is 2. The number of hydrogen-bond donors (Lipinski definition) is 1. The average molecular weight is 349 g/mol. The SMILES string of the molecule is C=CC(=O)Cc1ccc(Nc2ncnc3cc(OC)c(OC)cc23)cc1. The molecule has 0 unspecified atom stereocenters. The van der Waals surface area contributed by atoms with Crippen LogP contribution < -0.4 is 14.8 Å². The molecule has 0 atom stereocenters. The van der Waals surface area contributed by atoms with Crippen LogP contribution in [0.15, 0.2) is 55.4 Å². The zero-order valence-corrected chi connectivity index (χ0v) is 14.7. The Morgan fingerprint density at radius 2 is 1.81 bits per heavy atom. The molecule has 0 saturated heterocycles. The van der Waals surface area contributed by atoms with E-state index in [1.54, 1.807) is 14.2 Å². The quantitative estimate of drug-likeness (QED) is 0.656. The number of methoxy groups -OCH3 is 2. The lowest BCUT2D eigenvalue weighted by Crippen LogP contribution is -1.99. The number of carbonyl (C=O) groups excluding carboxylic acids is 1. The molecule has 0 aliphatic rings.